The van der Waals surface area contributed by atoms with Gasteiger partial charge in [0.15, 0.2) is 0 Å². The van der Waals surface area contributed by atoms with Gasteiger partial charge in [0, 0.05) is 17.0 Å². The van der Waals surface area contributed by atoms with Crippen molar-refractivity contribution >= 4 is 5.97 Å². The van der Waals surface area contributed by atoms with Crippen molar-refractivity contribution < 1.29 is 9.53 Å². The fraction of sp³-hybridized carbons (Fsp3) is 0.800. The predicted octanol–water partition coefficient (Wildman–Crippen LogP) is 4.93. The third-order valence-corrected chi connectivity index (χ3v) is 3.05. The number of rotatable bonds is 13. The normalized spacial score (nSPS) is 9.85. The van der Waals surface area contributed by atoms with Gasteiger partial charge in [-0.3, -0.25) is 0 Å². The lowest BCUT2D eigenvalue weighted by Crippen LogP contribution is -2.05. The molecule has 0 bridgehead atoms. The second-order valence-electron chi connectivity index (χ2n) is 5.05. The third kappa shape index (κ3) is 13.0. The molecule has 0 saturated heterocycles. The zero-order valence-electron chi connectivity index (χ0n) is 12.6. The van der Waals surface area contributed by atoms with E-state index >= 15 is 0 Å². The molecule has 0 aromatic carbocycles. The standard InChI is InChI=1S/C15H27N3O2/c1-14(2)15(19)20-13-11-9-7-5-3-4-6-8-10-12-17-18-16/h1,3-13H2,2H3. The van der Waals surface area contributed by atoms with Crippen molar-refractivity contribution in [2.75, 3.05) is 13.2 Å². The molecule has 0 N–H and O–H groups in total. The fourth-order valence-corrected chi connectivity index (χ4v) is 1.85. The van der Waals surface area contributed by atoms with Gasteiger partial charge in [-0.05, 0) is 25.3 Å². The maximum Gasteiger partial charge on any atom is 0.333 e. The number of carbonyl (C=O) groups is 1. The van der Waals surface area contributed by atoms with Crippen LogP contribution in [0.5, 0.6) is 0 Å². The van der Waals surface area contributed by atoms with E-state index in [-0.39, 0.29) is 5.97 Å². The largest absolute Gasteiger partial charge is 0.462 e. The molecule has 0 rings (SSSR count). The van der Waals surface area contributed by atoms with Gasteiger partial charge >= 0.3 is 5.97 Å². The highest BCUT2D eigenvalue weighted by atomic mass is 16.5. The summed E-state index contributed by atoms with van der Waals surface area (Å²) in [6.45, 7) is 6.33. The van der Waals surface area contributed by atoms with E-state index in [4.69, 9.17) is 10.3 Å². The Bertz CT molecular complexity index is 323. The molecule has 0 unspecified atom stereocenters. The van der Waals surface area contributed by atoms with E-state index in [1.54, 1.807) is 6.92 Å². The molecule has 20 heavy (non-hydrogen) atoms. The Morgan fingerprint density at radius 2 is 1.55 bits per heavy atom. The Balaban J connectivity index is 3.11. The lowest BCUT2D eigenvalue weighted by Gasteiger charge is -2.04. The average molecular weight is 281 g/mol. The van der Waals surface area contributed by atoms with Crippen LogP contribution in [0.2, 0.25) is 0 Å². The number of hydrogen-bond acceptors (Lipinski definition) is 3. The fourth-order valence-electron chi connectivity index (χ4n) is 1.85. The Kier molecular flexibility index (Phi) is 12.9. The van der Waals surface area contributed by atoms with Crippen LogP contribution < -0.4 is 0 Å². The van der Waals surface area contributed by atoms with Gasteiger partial charge in [-0.2, -0.15) is 0 Å². The molecule has 5 heteroatoms. The van der Waals surface area contributed by atoms with Crippen molar-refractivity contribution in [3.8, 4) is 0 Å². The maximum absolute atomic E-state index is 11.1. The summed E-state index contributed by atoms with van der Waals surface area (Å²) >= 11 is 0. The minimum absolute atomic E-state index is 0.286. The van der Waals surface area contributed by atoms with Crippen molar-refractivity contribution in [3.05, 3.63) is 22.6 Å². The van der Waals surface area contributed by atoms with Crippen LogP contribution in [0.4, 0.5) is 0 Å². The van der Waals surface area contributed by atoms with Crippen molar-refractivity contribution in [1.29, 1.82) is 0 Å². The molecule has 0 aliphatic heterocycles. The van der Waals surface area contributed by atoms with Gasteiger partial charge in [0.05, 0.1) is 6.61 Å². The van der Waals surface area contributed by atoms with Crippen molar-refractivity contribution in [3.63, 3.8) is 0 Å². The maximum atomic E-state index is 11.1. The summed E-state index contributed by atoms with van der Waals surface area (Å²) in [7, 11) is 0. The monoisotopic (exact) mass is 281 g/mol. The first kappa shape index (κ1) is 18.5. The zero-order valence-corrected chi connectivity index (χ0v) is 12.6. The van der Waals surface area contributed by atoms with E-state index in [9.17, 15) is 4.79 Å². The molecule has 0 aromatic rings. The van der Waals surface area contributed by atoms with E-state index in [0.717, 1.165) is 25.7 Å². The van der Waals surface area contributed by atoms with Gasteiger partial charge in [0.2, 0.25) is 0 Å². The Morgan fingerprint density at radius 1 is 1.05 bits per heavy atom. The quantitative estimate of drug-likeness (QED) is 0.120. The molecule has 5 nitrogen and oxygen atoms in total. The predicted molar refractivity (Wildman–Crippen MR) is 81.3 cm³/mol. The van der Waals surface area contributed by atoms with E-state index in [1.165, 1.54) is 32.1 Å². The Labute approximate surface area is 122 Å². The van der Waals surface area contributed by atoms with Crippen LogP contribution in [-0.2, 0) is 9.53 Å². The number of unbranched alkanes of at least 4 members (excludes halogenated alkanes) is 8. The SMILES string of the molecule is C=C(C)C(=O)OCCCCCCCCCCCN=[N+]=[N-]. The minimum atomic E-state index is -0.286. The molecule has 0 radical (unpaired) electrons. The first-order chi connectivity index (χ1) is 9.68. The summed E-state index contributed by atoms with van der Waals surface area (Å²) in [6, 6.07) is 0. The molecule has 0 saturated carbocycles. The molecule has 0 heterocycles. The molecular weight excluding hydrogens is 254 g/mol. The summed E-state index contributed by atoms with van der Waals surface area (Å²) in [5, 5.41) is 3.51. The van der Waals surface area contributed by atoms with Crippen LogP contribution in [0.3, 0.4) is 0 Å². The highest BCUT2D eigenvalue weighted by molar-refractivity contribution is 5.86. The molecular formula is C15H27N3O2. The summed E-state index contributed by atoms with van der Waals surface area (Å²) in [6.07, 6.45) is 10.4. The molecule has 0 aliphatic carbocycles. The van der Waals surface area contributed by atoms with Crippen molar-refractivity contribution in [1.82, 2.24) is 0 Å². The second kappa shape index (κ2) is 13.9. The number of nitrogens with zero attached hydrogens (tertiary/aromatic N) is 3. The zero-order chi connectivity index (χ0) is 15.1. The van der Waals surface area contributed by atoms with Gasteiger partial charge in [-0.25, -0.2) is 4.79 Å². The van der Waals surface area contributed by atoms with Gasteiger partial charge in [0.25, 0.3) is 0 Å². The number of azide groups is 1. The van der Waals surface area contributed by atoms with E-state index in [0.29, 0.717) is 18.7 Å². The highest BCUT2D eigenvalue weighted by Gasteiger charge is 2.01. The van der Waals surface area contributed by atoms with Crippen molar-refractivity contribution in [2.24, 2.45) is 5.11 Å². The van der Waals surface area contributed by atoms with Crippen LogP contribution in [0, 0.1) is 0 Å². The average Bonchev–Trinajstić information content (AvgIpc) is 2.43. The number of esters is 1. The Morgan fingerprint density at radius 3 is 2.05 bits per heavy atom. The molecule has 0 amide bonds. The molecule has 114 valence electrons. The second-order valence-corrected chi connectivity index (χ2v) is 5.05. The lowest BCUT2D eigenvalue weighted by molar-refractivity contribution is -0.139. The van der Waals surface area contributed by atoms with Crippen LogP contribution >= 0.6 is 0 Å². The number of carbonyl (C=O) groups excluding carboxylic acids is 1. The lowest BCUT2D eigenvalue weighted by atomic mass is 10.1. The summed E-state index contributed by atoms with van der Waals surface area (Å²) < 4.78 is 5.02. The summed E-state index contributed by atoms with van der Waals surface area (Å²) in [4.78, 5) is 13.8. The summed E-state index contributed by atoms with van der Waals surface area (Å²) in [5.74, 6) is -0.286. The molecule has 0 fully saturated rings. The van der Waals surface area contributed by atoms with Gasteiger partial charge in [0.1, 0.15) is 0 Å². The first-order valence-corrected chi connectivity index (χ1v) is 7.52. The minimum Gasteiger partial charge on any atom is -0.462 e. The first-order valence-electron chi connectivity index (χ1n) is 7.52. The third-order valence-electron chi connectivity index (χ3n) is 3.05. The van der Waals surface area contributed by atoms with Gasteiger partial charge in [-0.15, -0.1) is 0 Å². The van der Waals surface area contributed by atoms with Crippen LogP contribution in [0.25, 0.3) is 10.4 Å². The van der Waals surface area contributed by atoms with E-state index in [1.807, 2.05) is 0 Å². The van der Waals surface area contributed by atoms with E-state index in [2.05, 4.69) is 16.6 Å². The molecule has 0 atom stereocenters. The smallest absolute Gasteiger partial charge is 0.333 e. The van der Waals surface area contributed by atoms with Crippen LogP contribution in [-0.4, -0.2) is 19.1 Å². The van der Waals surface area contributed by atoms with Crippen LogP contribution in [0.15, 0.2) is 17.3 Å². The highest BCUT2D eigenvalue weighted by Crippen LogP contribution is 2.10. The number of hydrogen-bond donors (Lipinski definition) is 0. The van der Waals surface area contributed by atoms with Gasteiger partial charge < -0.3 is 4.74 Å². The Hall–Kier alpha value is -1.48. The van der Waals surface area contributed by atoms with Crippen molar-refractivity contribution in [2.45, 2.75) is 64.7 Å². The molecule has 0 spiro atoms. The number of ether oxygens (including phenoxy) is 1. The molecule has 0 aromatic heterocycles. The summed E-state index contributed by atoms with van der Waals surface area (Å²) in [5.41, 5.74) is 8.57. The topological polar surface area (TPSA) is 75.1 Å². The van der Waals surface area contributed by atoms with E-state index < -0.39 is 0 Å². The van der Waals surface area contributed by atoms with Gasteiger partial charge in [-0.1, -0.05) is 56.6 Å². The molecule has 0 aliphatic rings. The van der Waals surface area contributed by atoms with Crippen LogP contribution in [0.1, 0.15) is 64.7 Å².